The third-order valence-electron chi connectivity index (χ3n) is 3.14. The van der Waals surface area contributed by atoms with E-state index in [1.165, 1.54) is 23.1 Å². The van der Waals surface area contributed by atoms with Crippen molar-refractivity contribution in [1.82, 2.24) is 14.8 Å². The summed E-state index contributed by atoms with van der Waals surface area (Å²) in [7, 11) is 0. The second-order valence-electron chi connectivity index (χ2n) is 4.35. The molecule has 0 amide bonds. The molecule has 0 radical (unpaired) electrons. The quantitative estimate of drug-likeness (QED) is 0.617. The first-order valence-corrected chi connectivity index (χ1v) is 5.92. The average Bonchev–Trinajstić information content (AvgIpc) is 2.93. The number of nitro benzene ring substituents is 1. The van der Waals surface area contributed by atoms with Gasteiger partial charge in [0.05, 0.1) is 10.5 Å². The minimum atomic E-state index is -0.645. The van der Waals surface area contributed by atoms with Gasteiger partial charge < -0.3 is 11.1 Å². The summed E-state index contributed by atoms with van der Waals surface area (Å²) in [5, 5.41) is 27.0. The molecule has 21 heavy (non-hydrogen) atoms. The lowest BCUT2D eigenvalue weighted by atomic mass is 9.98. The predicted molar refractivity (Wildman–Crippen MR) is 71.7 cm³/mol. The molecule has 1 aliphatic heterocycles. The van der Waals surface area contributed by atoms with Crippen molar-refractivity contribution in [2.45, 2.75) is 6.04 Å². The number of nitriles is 1. The second-order valence-corrected chi connectivity index (χ2v) is 4.35. The van der Waals surface area contributed by atoms with Gasteiger partial charge in [-0.25, -0.2) is 4.68 Å². The molecule has 0 saturated carbocycles. The Labute approximate surface area is 118 Å². The summed E-state index contributed by atoms with van der Waals surface area (Å²) in [6.07, 6.45) is 1.32. The van der Waals surface area contributed by atoms with Crippen LogP contribution in [0.3, 0.4) is 0 Å². The standard InChI is InChI=1S/C12H9N7O2/c13-5-9-10(7-2-1-3-8(4-7)19(20)21)18-12(15-6-16-18)17-11(9)14/h1-4,6,10H,14H2,(H,15,16,17)/t10-/m1/s1. The molecule has 9 nitrogen and oxygen atoms in total. The van der Waals surface area contributed by atoms with Crippen molar-refractivity contribution < 1.29 is 4.92 Å². The molecule has 0 bridgehead atoms. The lowest BCUT2D eigenvalue weighted by molar-refractivity contribution is -0.384. The first kappa shape index (κ1) is 12.6. The highest BCUT2D eigenvalue weighted by Gasteiger charge is 2.30. The Morgan fingerprint density at radius 2 is 2.33 bits per heavy atom. The number of nitrogens with zero attached hydrogens (tertiary/aromatic N) is 5. The van der Waals surface area contributed by atoms with E-state index in [-0.39, 0.29) is 17.1 Å². The molecule has 0 saturated heterocycles. The van der Waals surface area contributed by atoms with Crippen LogP contribution < -0.4 is 11.1 Å². The number of nitrogens with two attached hydrogens (primary N) is 1. The second kappa shape index (κ2) is 4.61. The van der Waals surface area contributed by atoms with Crippen LogP contribution in [0.2, 0.25) is 0 Å². The first-order valence-electron chi connectivity index (χ1n) is 5.92. The molecule has 2 heterocycles. The normalized spacial score (nSPS) is 16.8. The van der Waals surface area contributed by atoms with Crippen LogP contribution in [0.5, 0.6) is 0 Å². The van der Waals surface area contributed by atoms with Crippen LogP contribution in [0.1, 0.15) is 11.6 Å². The van der Waals surface area contributed by atoms with Crippen LogP contribution >= 0.6 is 0 Å². The summed E-state index contributed by atoms with van der Waals surface area (Å²) in [5.41, 5.74) is 6.52. The molecule has 1 aliphatic rings. The molecule has 3 N–H and O–H groups in total. The number of nitrogens with one attached hydrogen (secondary N) is 1. The van der Waals surface area contributed by atoms with Crippen LogP contribution in [0.4, 0.5) is 11.6 Å². The number of anilines is 1. The number of allylic oxidation sites excluding steroid dienone is 1. The van der Waals surface area contributed by atoms with Crippen molar-refractivity contribution >= 4 is 11.6 Å². The lowest BCUT2D eigenvalue weighted by Crippen LogP contribution is -2.28. The van der Waals surface area contributed by atoms with Gasteiger partial charge in [-0.1, -0.05) is 12.1 Å². The van der Waals surface area contributed by atoms with Crippen molar-refractivity contribution in [3.05, 3.63) is 57.7 Å². The largest absolute Gasteiger partial charge is 0.384 e. The van der Waals surface area contributed by atoms with Crippen LogP contribution in [0, 0.1) is 21.4 Å². The average molecular weight is 283 g/mol. The number of nitro groups is 1. The van der Waals surface area contributed by atoms with Gasteiger partial charge in [-0.15, -0.1) is 0 Å². The molecule has 0 spiro atoms. The number of non-ortho nitro benzene ring substituents is 1. The zero-order chi connectivity index (χ0) is 15.0. The molecule has 9 heteroatoms. The van der Waals surface area contributed by atoms with Gasteiger partial charge in [0.2, 0.25) is 5.95 Å². The van der Waals surface area contributed by atoms with Gasteiger partial charge in [0, 0.05) is 12.1 Å². The minimum Gasteiger partial charge on any atom is -0.384 e. The van der Waals surface area contributed by atoms with Gasteiger partial charge in [-0.05, 0) is 5.56 Å². The summed E-state index contributed by atoms with van der Waals surface area (Å²) in [5.74, 6) is 0.539. The van der Waals surface area contributed by atoms with E-state index in [9.17, 15) is 15.4 Å². The Hall–Kier alpha value is -3.41. The highest BCUT2D eigenvalue weighted by atomic mass is 16.6. The number of hydrogen-bond acceptors (Lipinski definition) is 7. The Morgan fingerprint density at radius 3 is 3.05 bits per heavy atom. The maximum absolute atomic E-state index is 10.9. The SMILES string of the molecule is N#CC1=C(N)Nc2ncnn2[C@@H]1c1cccc([N+](=O)[O-])c1. The van der Waals surface area contributed by atoms with E-state index in [0.29, 0.717) is 11.5 Å². The van der Waals surface area contributed by atoms with Crippen molar-refractivity contribution in [3.8, 4) is 6.07 Å². The molecular formula is C12H9N7O2. The fourth-order valence-electron chi connectivity index (χ4n) is 2.22. The fourth-order valence-corrected chi connectivity index (χ4v) is 2.22. The summed E-state index contributed by atoms with van der Waals surface area (Å²) >= 11 is 0. The number of rotatable bonds is 2. The Morgan fingerprint density at radius 1 is 1.52 bits per heavy atom. The topological polar surface area (TPSA) is 136 Å². The first-order chi connectivity index (χ1) is 10.1. The zero-order valence-corrected chi connectivity index (χ0v) is 10.6. The molecule has 0 aliphatic carbocycles. The summed E-state index contributed by atoms with van der Waals surface area (Å²) in [6, 6.07) is 7.38. The van der Waals surface area contributed by atoms with E-state index in [1.807, 2.05) is 6.07 Å². The Bertz CT molecular complexity index is 802. The summed E-state index contributed by atoms with van der Waals surface area (Å²) < 4.78 is 1.47. The molecule has 104 valence electrons. The van der Waals surface area contributed by atoms with E-state index in [1.54, 1.807) is 12.1 Å². The van der Waals surface area contributed by atoms with Crippen molar-refractivity contribution in [1.29, 1.82) is 5.26 Å². The third-order valence-corrected chi connectivity index (χ3v) is 3.14. The maximum Gasteiger partial charge on any atom is 0.269 e. The van der Waals surface area contributed by atoms with Crippen molar-refractivity contribution in [2.24, 2.45) is 5.73 Å². The van der Waals surface area contributed by atoms with E-state index < -0.39 is 11.0 Å². The van der Waals surface area contributed by atoms with E-state index >= 15 is 0 Å². The summed E-state index contributed by atoms with van der Waals surface area (Å²) in [4.78, 5) is 14.4. The Kier molecular flexibility index (Phi) is 2.77. The summed E-state index contributed by atoms with van der Waals surface area (Å²) in [6.45, 7) is 0. The molecule has 0 unspecified atom stereocenters. The third kappa shape index (κ3) is 1.95. The van der Waals surface area contributed by atoms with Crippen LogP contribution in [0.25, 0.3) is 0 Å². The number of hydrogen-bond donors (Lipinski definition) is 2. The minimum absolute atomic E-state index is 0.0661. The van der Waals surface area contributed by atoms with Gasteiger partial charge in [0.15, 0.2) is 0 Å². The van der Waals surface area contributed by atoms with Crippen LogP contribution in [-0.2, 0) is 0 Å². The number of benzene rings is 1. The van der Waals surface area contributed by atoms with E-state index in [0.717, 1.165) is 0 Å². The molecule has 3 rings (SSSR count). The molecule has 2 aromatic rings. The monoisotopic (exact) mass is 283 g/mol. The fraction of sp³-hybridized carbons (Fsp3) is 0.0833. The van der Waals surface area contributed by atoms with Gasteiger partial charge in [-0.3, -0.25) is 10.1 Å². The number of aromatic nitrogens is 3. The van der Waals surface area contributed by atoms with Crippen molar-refractivity contribution in [3.63, 3.8) is 0 Å². The Balaban J connectivity index is 2.19. The molecule has 1 aromatic heterocycles. The molecular weight excluding hydrogens is 274 g/mol. The molecule has 1 atom stereocenters. The van der Waals surface area contributed by atoms with Gasteiger partial charge >= 0.3 is 0 Å². The smallest absolute Gasteiger partial charge is 0.269 e. The highest BCUT2D eigenvalue weighted by molar-refractivity contribution is 5.52. The van der Waals surface area contributed by atoms with Crippen molar-refractivity contribution in [2.75, 3.05) is 5.32 Å². The highest BCUT2D eigenvalue weighted by Crippen LogP contribution is 2.33. The zero-order valence-electron chi connectivity index (χ0n) is 10.6. The van der Waals surface area contributed by atoms with Gasteiger partial charge in [-0.2, -0.15) is 15.3 Å². The van der Waals surface area contributed by atoms with Gasteiger partial charge in [0.1, 0.15) is 24.3 Å². The van der Waals surface area contributed by atoms with Crippen LogP contribution in [0.15, 0.2) is 42.0 Å². The van der Waals surface area contributed by atoms with E-state index in [4.69, 9.17) is 5.73 Å². The van der Waals surface area contributed by atoms with Gasteiger partial charge in [0.25, 0.3) is 5.69 Å². The number of fused-ring (bicyclic) bond motifs is 1. The molecule has 0 fully saturated rings. The predicted octanol–water partition coefficient (Wildman–Crippen LogP) is 0.895. The maximum atomic E-state index is 10.9. The molecule has 1 aromatic carbocycles. The van der Waals surface area contributed by atoms with E-state index in [2.05, 4.69) is 15.4 Å². The lowest BCUT2D eigenvalue weighted by Gasteiger charge is -2.25. The van der Waals surface area contributed by atoms with Crippen LogP contribution in [-0.4, -0.2) is 19.7 Å².